The highest BCUT2D eigenvalue weighted by atomic mass is 16.4. The first-order valence-corrected chi connectivity index (χ1v) is 12.2. The van der Waals surface area contributed by atoms with Crippen molar-refractivity contribution in [1.82, 2.24) is 4.90 Å². The maximum absolute atomic E-state index is 9.10. The average molecular weight is 473 g/mol. The zero-order chi connectivity index (χ0) is 24.6. The molecule has 0 unspecified atom stereocenters. The van der Waals surface area contributed by atoms with E-state index >= 15 is 0 Å². The second-order valence-corrected chi connectivity index (χ2v) is 9.02. The number of nitrogens with zero attached hydrogens (tertiary/aromatic N) is 2. The van der Waals surface area contributed by atoms with Gasteiger partial charge in [-0.1, -0.05) is 60.7 Å². The average Bonchev–Trinajstić information content (AvgIpc) is 3.04. The van der Waals surface area contributed by atoms with Crippen LogP contribution in [0.1, 0.15) is 35.1 Å². The van der Waals surface area contributed by atoms with Gasteiger partial charge in [0.2, 0.25) is 0 Å². The molecule has 35 heavy (non-hydrogen) atoms. The Labute approximate surface area is 206 Å². The summed E-state index contributed by atoms with van der Waals surface area (Å²) in [5, 5.41) is 14.8. The van der Waals surface area contributed by atoms with Crippen LogP contribution >= 0.6 is 0 Å². The number of carbonyl (C=O) groups is 2. The molecule has 0 fully saturated rings. The standard InChI is InChI=1S/C27H30N2.C2H2O4/c1-2-12-25-21-28(20-17-22(25)9-1)18-7-8-19-29-26-13-5-3-10-23(26)15-16-24-11-4-6-14-27(24)29;3-1(4)2(5)6/h1-6,9-14H,7-8,15-21H2;(H,3,4)(H,5,6). The second kappa shape index (κ2) is 11.7. The van der Waals surface area contributed by atoms with Gasteiger partial charge in [0.1, 0.15) is 0 Å². The number of hydrogen-bond acceptors (Lipinski definition) is 4. The van der Waals surface area contributed by atoms with Crippen LogP contribution in [0.2, 0.25) is 0 Å². The molecule has 2 aliphatic rings. The van der Waals surface area contributed by atoms with Crippen LogP contribution < -0.4 is 4.90 Å². The van der Waals surface area contributed by atoms with E-state index in [1.165, 1.54) is 60.4 Å². The molecule has 0 aromatic heterocycles. The topological polar surface area (TPSA) is 81.1 Å². The Morgan fingerprint density at radius 1 is 0.629 bits per heavy atom. The smallest absolute Gasteiger partial charge is 0.414 e. The van der Waals surface area contributed by atoms with E-state index in [0.717, 1.165) is 25.9 Å². The highest BCUT2D eigenvalue weighted by molar-refractivity contribution is 6.27. The largest absolute Gasteiger partial charge is 0.473 e. The third kappa shape index (κ3) is 6.28. The van der Waals surface area contributed by atoms with Crippen LogP contribution in [-0.4, -0.2) is 46.7 Å². The highest BCUT2D eigenvalue weighted by Gasteiger charge is 2.20. The van der Waals surface area contributed by atoms with Crippen molar-refractivity contribution in [2.75, 3.05) is 24.5 Å². The van der Waals surface area contributed by atoms with Crippen molar-refractivity contribution >= 4 is 23.3 Å². The van der Waals surface area contributed by atoms with Crippen molar-refractivity contribution in [3.05, 3.63) is 95.1 Å². The monoisotopic (exact) mass is 472 g/mol. The molecule has 0 saturated heterocycles. The quantitative estimate of drug-likeness (QED) is 0.405. The minimum atomic E-state index is -1.82. The zero-order valence-electron chi connectivity index (χ0n) is 19.9. The summed E-state index contributed by atoms with van der Waals surface area (Å²) in [6.45, 7) is 4.61. The fourth-order valence-corrected chi connectivity index (χ4v) is 4.96. The number of fused-ring (bicyclic) bond motifs is 3. The van der Waals surface area contributed by atoms with Gasteiger partial charge in [-0.15, -0.1) is 0 Å². The van der Waals surface area contributed by atoms with Crippen LogP contribution in [0.25, 0.3) is 0 Å². The van der Waals surface area contributed by atoms with E-state index in [9.17, 15) is 0 Å². The van der Waals surface area contributed by atoms with Crippen LogP contribution in [-0.2, 0) is 35.4 Å². The van der Waals surface area contributed by atoms with Crippen LogP contribution in [0.3, 0.4) is 0 Å². The fraction of sp³-hybridized carbons (Fsp3) is 0.310. The van der Waals surface area contributed by atoms with E-state index in [1.54, 1.807) is 5.56 Å². The molecule has 3 aromatic carbocycles. The zero-order valence-corrected chi connectivity index (χ0v) is 19.9. The van der Waals surface area contributed by atoms with Crippen molar-refractivity contribution in [3.8, 4) is 0 Å². The van der Waals surface area contributed by atoms with Crippen LogP contribution in [0.4, 0.5) is 11.4 Å². The summed E-state index contributed by atoms with van der Waals surface area (Å²) in [6, 6.07) is 26.9. The molecule has 0 atom stereocenters. The number of benzene rings is 3. The lowest BCUT2D eigenvalue weighted by Crippen LogP contribution is -2.31. The summed E-state index contributed by atoms with van der Waals surface area (Å²) in [4.78, 5) is 23.4. The molecule has 3 aromatic rings. The number of aryl methyl sites for hydroxylation is 2. The Morgan fingerprint density at radius 2 is 1.11 bits per heavy atom. The van der Waals surface area contributed by atoms with Crippen molar-refractivity contribution < 1.29 is 19.8 Å². The molecule has 0 aliphatic carbocycles. The highest BCUT2D eigenvalue weighted by Crippen LogP contribution is 2.36. The van der Waals surface area contributed by atoms with Crippen LogP contribution in [0, 0.1) is 0 Å². The number of carboxylic acids is 2. The summed E-state index contributed by atoms with van der Waals surface area (Å²) in [6.07, 6.45) is 5.95. The van der Waals surface area contributed by atoms with Crippen LogP contribution in [0.5, 0.6) is 0 Å². The maximum Gasteiger partial charge on any atom is 0.414 e. The van der Waals surface area contributed by atoms with Gasteiger partial charge in [-0.2, -0.15) is 0 Å². The van der Waals surface area contributed by atoms with Gasteiger partial charge in [-0.25, -0.2) is 9.59 Å². The first-order chi connectivity index (χ1) is 17.0. The molecular weight excluding hydrogens is 440 g/mol. The lowest BCUT2D eigenvalue weighted by Gasteiger charge is -2.30. The predicted octanol–water partition coefficient (Wildman–Crippen LogP) is 4.92. The molecule has 6 nitrogen and oxygen atoms in total. The van der Waals surface area contributed by atoms with Crippen molar-refractivity contribution in [2.45, 2.75) is 38.6 Å². The molecule has 2 aliphatic heterocycles. The lowest BCUT2D eigenvalue weighted by atomic mass is 10.00. The number of anilines is 2. The van der Waals surface area contributed by atoms with Gasteiger partial charge in [0.25, 0.3) is 0 Å². The number of rotatable bonds is 5. The van der Waals surface area contributed by atoms with Gasteiger partial charge in [0.15, 0.2) is 0 Å². The molecule has 0 saturated carbocycles. The third-order valence-electron chi connectivity index (χ3n) is 6.73. The fourth-order valence-electron chi connectivity index (χ4n) is 4.96. The Hall–Kier alpha value is -3.64. The summed E-state index contributed by atoms with van der Waals surface area (Å²) < 4.78 is 0. The van der Waals surface area contributed by atoms with E-state index in [0.29, 0.717) is 0 Å². The van der Waals surface area contributed by atoms with Crippen LogP contribution in [0.15, 0.2) is 72.8 Å². The summed E-state index contributed by atoms with van der Waals surface area (Å²) >= 11 is 0. The van der Waals surface area contributed by atoms with Gasteiger partial charge in [-0.05, 0) is 73.0 Å². The molecule has 2 heterocycles. The number of unbranched alkanes of at least 4 members (excludes halogenated alkanes) is 1. The first-order valence-electron chi connectivity index (χ1n) is 12.2. The second-order valence-electron chi connectivity index (χ2n) is 9.02. The Morgan fingerprint density at radius 3 is 1.69 bits per heavy atom. The van der Waals surface area contributed by atoms with Gasteiger partial charge in [0, 0.05) is 31.0 Å². The van der Waals surface area contributed by atoms with E-state index in [2.05, 4.69) is 82.6 Å². The molecule has 0 amide bonds. The summed E-state index contributed by atoms with van der Waals surface area (Å²) in [5.74, 6) is -3.65. The molecule has 6 heteroatoms. The molecule has 5 rings (SSSR count). The lowest BCUT2D eigenvalue weighted by molar-refractivity contribution is -0.159. The molecule has 182 valence electrons. The molecule has 0 spiro atoms. The Kier molecular flexibility index (Phi) is 8.16. The summed E-state index contributed by atoms with van der Waals surface area (Å²) in [5.41, 5.74) is 8.84. The molecule has 0 radical (unpaired) electrons. The van der Waals surface area contributed by atoms with Crippen molar-refractivity contribution in [2.24, 2.45) is 0 Å². The minimum Gasteiger partial charge on any atom is -0.473 e. The molecule has 2 N–H and O–H groups in total. The van der Waals surface area contributed by atoms with Gasteiger partial charge >= 0.3 is 11.9 Å². The SMILES string of the molecule is O=C(O)C(=O)O.c1ccc2c(c1)CCN(CCCCN1c3ccccc3CCc3ccccc31)C2. The van der Waals surface area contributed by atoms with Gasteiger partial charge < -0.3 is 15.1 Å². The Bertz CT molecular complexity index is 1120. The predicted molar refractivity (Wildman–Crippen MR) is 137 cm³/mol. The number of aliphatic carboxylic acids is 2. The van der Waals surface area contributed by atoms with Gasteiger partial charge in [0.05, 0.1) is 0 Å². The number of carboxylic acid groups (broad SMARTS) is 2. The van der Waals surface area contributed by atoms with E-state index in [1.807, 2.05) is 0 Å². The minimum absolute atomic E-state index is 1.10. The number of hydrogen-bond donors (Lipinski definition) is 2. The van der Waals surface area contributed by atoms with E-state index in [-0.39, 0.29) is 0 Å². The first kappa shape index (κ1) is 24.5. The van der Waals surface area contributed by atoms with Gasteiger partial charge in [-0.3, -0.25) is 4.90 Å². The normalized spacial score (nSPS) is 14.5. The maximum atomic E-state index is 9.10. The third-order valence-corrected chi connectivity index (χ3v) is 6.73. The Balaban J connectivity index is 0.000000431. The van der Waals surface area contributed by atoms with E-state index < -0.39 is 11.9 Å². The van der Waals surface area contributed by atoms with Crippen molar-refractivity contribution in [3.63, 3.8) is 0 Å². The number of para-hydroxylation sites is 2. The molecule has 0 bridgehead atoms. The summed E-state index contributed by atoms with van der Waals surface area (Å²) in [7, 11) is 0. The molecular formula is C29H32N2O4. The van der Waals surface area contributed by atoms with E-state index in [4.69, 9.17) is 19.8 Å². The van der Waals surface area contributed by atoms with Crippen molar-refractivity contribution in [1.29, 1.82) is 0 Å².